The van der Waals surface area contributed by atoms with Crippen molar-refractivity contribution in [2.75, 3.05) is 0 Å². The Kier molecular flexibility index (Phi) is 3.23. The van der Waals surface area contributed by atoms with Crippen LogP contribution in [0.4, 0.5) is 13.2 Å². The molecule has 0 amide bonds. The predicted molar refractivity (Wildman–Crippen MR) is 60.5 cm³/mol. The summed E-state index contributed by atoms with van der Waals surface area (Å²) in [6, 6.07) is 9.46. The Hall–Kier alpha value is -2.04. The third-order valence-electron chi connectivity index (χ3n) is 2.26. The fourth-order valence-electron chi connectivity index (χ4n) is 1.49. The van der Waals surface area contributed by atoms with Gasteiger partial charge < -0.3 is 4.74 Å². The summed E-state index contributed by atoms with van der Waals surface area (Å²) < 4.78 is 43.3. The van der Waals surface area contributed by atoms with Gasteiger partial charge in [-0.15, -0.1) is 0 Å². The third-order valence-corrected chi connectivity index (χ3v) is 2.26. The highest BCUT2D eigenvalue weighted by Gasteiger charge is 2.36. The van der Waals surface area contributed by atoms with Crippen LogP contribution in [0.25, 0.3) is 0 Å². The molecule has 2 nitrogen and oxygen atoms in total. The fourth-order valence-corrected chi connectivity index (χ4v) is 1.49. The third kappa shape index (κ3) is 2.80. The molecule has 0 spiro atoms. The van der Waals surface area contributed by atoms with Crippen molar-refractivity contribution in [2.45, 2.75) is 13.1 Å². The van der Waals surface area contributed by atoms with Crippen LogP contribution >= 0.6 is 0 Å². The van der Waals surface area contributed by atoms with Crippen molar-refractivity contribution in [1.82, 2.24) is 4.98 Å². The molecule has 94 valence electrons. The quantitative estimate of drug-likeness (QED) is 0.800. The number of halogens is 3. The first kappa shape index (κ1) is 12.4. The van der Waals surface area contributed by atoms with Gasteiger partial charge in [0, 0.05) is 6.20 Å². The molecule has 0 unspecified atom stereocenters. The van der Waals surface area contributed by atoms with Crippen LogP contribution in [-0.2, 0) is 6.18 Å². The summed E-state index contributed by atoms with van der Waals surface area (Å²) >= 11 is 0. The van der Waals surface area contributed by atoms with Crippen LogP contribution in [-0.4, -0.2) is 4.98 Å². The molecule has 0 atom stereocenters. The van der Waals surface area contributed by atoms with Gasteiger partial charge in [-0.25, -0.2) is 4.98 Å². The first-order valence-electron chi connectivity index (χ1n) is 5.23. The lowest BCUT2D eigenvalue weighted by Gasteiger charge is -2.12. The smallest absolute Gasteiger partial charge is 0.437 e. The Morgan fingerprint density at radius 3 is 2.56 bits per heavy atom. The highest BCUT2D eigenvalue weighted by Crippen LogP contribution is 2.36. The van der Waals surface area contributed by atoms with Crippen molar-refractivity contribution in [1.29, 1.82) is 0 Å². The van der Waals surface area contributed by atoms with Crippen LogP contribution in [0.3, 0.4) is 0 Å². The van der Waals surface area contributed by atoms with Gasteiger partial charge >= 0.3 is 6.18 Å². The van der Waals surface area contributed by atoms with Crippen LogP contribution in [0.5, 0.6) is 11.5 Å². The minimum Gasteiger partial charge on any atom is -0.455 e. The number of aromatic nitrogens is 1. The molecule has 1 heterocycles. The van der Waals surface area contributed by atoms with Gasteiger partial charge in [-0.05, 0) is 36.8 Å². The van der Waals surface area contributed by atoms with Crippen LogP contribution in [0.15, 0.2) is 42.6 Å². The average Bonchev–Trinajstić information content (AvgIpc) is 2.28. The van der Waals surface area contributed by atoms with Gasteiger partial charge in [-0.1, -0.05) is 12.1 Å². The molecule has 0 aliphatic heterocycles. The maximum atomic E-state index is 12.7. The first-order valence-corrected chi connectivity index (χ1v) is 5.23. The molecule has 1 aromatic heterocycles. The molecule has 0 radical (unpaired) electrons. The zero-order valence-electron chi connectivity index (χ0n) is 9.53. The number of hydrogen-bond acceptors (Lipinski definition) is 2. The van der Waals surface area contributed by atoms with Crippen LogP contribution < -0.4 is 4.74 Å². The van der Waals surface area contributed by atoms with E-state index in [1.54, 1.807) is 18.2 Å². The normalized spacial score (nSPS) is 11.3. The molecule has 0 aliphatic carbocycles. The molecule has 2 aromatic rings. The van der Waals surface area contributed by atoms with E-state index in [2.05, 4.69) is 4.98 Å². The summed E-state index contributed by atoms with van der Waals surface area (Å²) in [4.78, 5) is 3.32. The second kappa shape index (κ2) is 4.68. The van der Waals surface area contributed by atoms with E-state index in [4.69, 9.17) is 4.74 Å². The van der Waals surface area contributed by atoms with Crippen molar-refractivity contribution in [3.8, 4) is 11.5 Å². The number of alkyl halides is 3. The predicted octanol–water partition coefficient (Wildman–Crippen LogP) is 4.20. The van der Waals surface area contributed by atoms with E-state index in [-0.39, 0.29) is 5.75 Å². The minimum atomic E-state index is -4.53. The zero-order valence-corrected chi connectivity index (χ0v) is 9.53. The number of ether oxygens (including phenoxy) is 1. The summed E-state index contributed by atoms with van der Waals surface area (Å²) in [5, 5.41) is 0. The Labute approximate surface area is 102 Å². The SMILES string of the molecule is Cc1cccc(Oc2cccnc2C(F)(F)F)c1. The van der Waals surface area contributed by atoms with Crippen molar-refractivity contribution in [3.63, 3.8) is 0 Å². The first-order chi connectivity index (χ1) is 8.47. The van der Waals surface area contributed by atoms with Crippen LogP contribution in [0, 0.1) is 6.92 Å². The summed E-state index contributed by atoms with van der Waals surface area (Å²) in [5.41, 5.74) is -0.114. The second-order valence-corrected chi connectivity index (χ2v) is 3.77. The molecule has 0 saturated carbocycles. The molecule has 0 aliphatic rings. The molecular weight excluding hydrogens is 243 g/mol. The molecule has 2 rings (SSSR count). The lowest BCUT2D eigenvalue weighted by atomic mass is 10.2. The Balaban J connectivity index is 2.35. The van der Waals surface area contributed by atoms with E-state index < -0.39 is 11.9 Å². The summed E-state index contributed by atoms with van der Waals surface area (Å²) in [6.07, 6.45) is -3.44. The van der Waals surface area contributed by atoms with Gasteiger partial charge in [0.25, 0.3) is 0 Å². The van der Waals surface area contributed by atoms with Crippen LogP contribution in [0.1, 0.15) is 11.3 Å². The number of nitrogens with zero attached hydrogens (tertiary/aromatic N) is 1. The molecular formula is C13H10F3NO. The minimum absolute atomic E-state index is 0.296. The number of benzene rings is 1. The maximum absolute atomic E-state index is 12.7. The van der Waals surface area contributed by atoms with Gasteiger partial charge in [0.2, 0.25) is 0 Å². The molecule has 0 fully saturated rings. The largest absolute Gasteiger partial charge is 0.455 e. The van der Waals surface area contributed by atoms with Crippen molar-refractivity contribution < 1.29 is 17.9 Å². The Morgan fingerprint density at radius 1 is 1.11 bits per heavy atom. The second-order valence-electron chi connectivity index (χ2n) is 3.77. The number of pyridine rings is 1. The number of rotatable bonds is 2. The topological polar surface area (TPSA) is 22.1 Å². The summed E-state index contributed by atoms with van der Waals surface area (Å²) in [6.45, 7) is 1.83. The van der Waals surface area contributed by atoms with Gasteiger partial charge in [0.1, 0.15) is 5.75 Å². The molecule has 0 N–H and O–H groups in total. The van der Waals surface area contributed by atoms with Gasteiger partial charge in [0.15, 0.2) is 11.4 Å². The lowest BCUT2D eigenvalue weighted by molar-refractivity contribution is -0.142. The molecule has 0 bridgehead atoms. The van der Waals surface area contributed by atoms with Gasteiger partial charge in [-0.3, -0.25) is 0 Å². The molecule has 5 heteroatoms. The summed E-state index contributed by atoms with van der Waals surface area (Å²) in [7, 11) is 0. The molecule has 1 aromatic carbocycles. The van der Waals surface area contributed by atoms with E-state index >= 15 is 0 Å². The monoisotopic (exact) mass is 253 g/mol. The highest BCUT2D eigenvalue weighted by molar-refractivity contribution is 5.36. The number of aryl methyl sites for hydroxylation is 1. The summed E-state index contributed by atoms with van der Waals surface area (Å²) in [5.74, 6) is 0.0594. The molecule has 0 saturated heterocycles. The van der Waals surface area contributed by atoms with Crippen molar-refractivity contribution in [2.24, 2.45) is 0 Å². The Morgan fingerprint density at radius 2 is 1.89 bits per heavy atom. The molecule has 18 heavy (non-hydrogen) atoms. The Bertz CT molecular complexity index is 552. The van der Waals surface area contributed by atoms with E-state index in [0.717, 1.165) is 11.8 Å². The van der Waals surface area contributed by atoms with E-state index in [1.807, 2.05) is 13.0 Å². The van der Waals surface area contributed by atoms with Crippen molar-refractivity contribution in [3.05, 3.63) is 53.9 Å². The highest BCUT2D eigenvalue weighted by atomic mass is 19.4. The van der Waals surface area contributed by atoms with Gasteiger partial charge in [0.05, 0.1) is 0 Å². The fraction of sp³-hybridized carbons (Fsp3) is 0.154. The van der Waals surface area contributed by atoms with Crippen LogP contribution in [0.2, 0.25) is 0 Å². The van der Waals surface area contributed by atoms with Gasteiger partial charge in [-0.2, -0.15) is 13.2 Å². The standard InChI is InChI=1S/C13H10F3NO/c1-9-4-2-5-10(8-9)18-11-6-3-7-17-12(11)13(14,15)16/h2-8H,1H3. The van der Waals surface area contributed by atoms with E-state index in [9.17, 15) is 13.2 Å². The van der Waals surface area contributed by atoms with E-state index in [0.29, 0.717) is 5.75 Å². The van der Waals surface area contributed by atoms with Crippen molar-refractivity contribution >= 4 is 0 Å². The van der Waals surface area contributed by atoms with E-state index in [1.165, 1.54) is 12.1 Å². The maximum Gasteiger partial charge on any atom is 0.437 e. The average molecular weight is 253 g/mol. The number of hydrogen-bond donors (Lipinski definition) is 0. The zero-order chi connectivity index (χ0) is 13.2. The lowest BCUT2D eigenvalue weighted by Crippen LogP contribution is -2.09.